The number of aromatic nitrogens is 5. The molecule has 9 heteroatoms. The van der Waals surface area contributed by atoms with E-state index >= 15 is 0 Å². The van der Waals surface area contributed by atoms with Crippen LogP contribution in [0.4, 0.5) is 0 Å². The van der Waals surface area contributed by atoms with Gasteiger partial charge in [-0.3, -0.25) is 4.79 Å². The number of fused-ring (bicyclic) bond motifs is 1. The summed E-state index contributed by atoms with van der Waals surface area (Å²) in [7, 11) is 0. The van der Waals surface area contributed by atoms with Crippen LogP contribution in [0.1, 0.15) is 35.9 Å². The molecule has 0 N–H and O–H groups in total. The first-order valence-electron chi connectivity index (χ1n) is 15.4. The fourth-order valence-corrected chi connectivity index (χ4v) is 5.91. The third-order valence-corrected chi connectivity index (χ3v) is 8.36. The maximum absolute atomic E-state index is 13.5. The van der Waals surface area contributed by atoms with Crippen LogP contribution in [0.15, 0.2) is 120 Å². The molecule has 0 aliphatic carbocycles. The molecule has 0 aliphatic heterocycles. The number of thiazole rings is 1. The third kappa shape index (κ3) is 6.90. The first kappa shape index (κ1) is 29.9. The highest BCUT2D eigenvalue weighted by atomic mass is 32.1. The van der Waals surface area contributed by atoms with Crippen LogP contribution in [0.5, 0.6) is 11.5 Å². The maximum Gasteiger partial charge on any atom is 0.291 e. The number of ether oxygens (including phenoxy) is 2. The molecule has 0 unspecified atom stereocenters. The molecule has 3 heterocycles. The lowest BCUT2D eigenvalue weighted by Gasteiger charge is -2.07. The van der Waals surface area contributed by atoms with E-state index < -0.39 is 0 Å². The molecular formula is C38H31N5O3S. The lowest BCUT2D eigenvalue weighted by Crippen LogP contribution is -2.23. The fraction of sp³-hybridized carbons (Fsp3) is 0.105. The van der Waals surface area contributed by atoms with Crippen LogP contribution in [0.2, 0.25) is 0 Å². The van der Waals surface area contributed by atoms with Crippen molar-refractivity contribution in [1.29, 1.82) is 0 Å². The minimum atomic E-state index is -0.224. The second kappa shape index (κ2) is 13.7. The minimum absolute atomic E-state index is 0.224. The van der Waals surface area contributed by atoms with E-state index in [9.17, 15) is 4.79 Å². The number of rotatable bonds is 11. The molecule has 7 rings (SSSR count). The molecule has 0 aliphatic rings. The standard InChI is InChI=1S/C38H31N5O3S/c1-2-23-45-32-18-13-27(14-19-32)15-22-35-39-38-43(40-35)37(44)34(47-38)24-30-25-42(31-11-7-4-8-12-31)41-36(30)29-16-20-33(21-17-29)46-26-28-9-5-3-6-10-28/h3-22,24-25H,2,23,26H2,1H3/b22-15+,34-24-. The van der Waals surface area contributed by atoms with Gasteiger partial charge in [0.15, 0.2) is 5.82 Å². The predicted molar refractivity (Wildman–Crippen MR) is 187 cm³/mol. The van der Waals surface area contributed by atoms with Crippen molar-refractivity contribution < 1.29 is 9.47 Å². The fourth-order valence-electron chi connectivity index (χ4n) is 5.01. The van der Waals surface area contributed by atoms with Gasteiger partial charge in [0.1, 0.15) is 23.8 Å². The van der Waals surface area contributed by atoms with Gasteiger partial charge in [-0.15, -0.1) is 5.10 Å². The van der Waals surface area contributed by atoms with Gasteiger partial charge in [-0.2, -0.15) is 14.6 Å². The summed E-state index contributed by atoms with van der Waals surface area (Å²) in [6.45, 7) is 3.26. The Morgan fingerprint density at radius 1 is 0.787 bits per heavy atom. The van der Waals surface area contributed by atoms with Gasteiger partial charge in [0.05, 0.1) is 16.8 Å². The number of para-hydroxylation sites is 1. The molecule has 0 bridgehead atoms. The summed E-state index contributed by atoms with van der Waals surface area (Å²) in [5.41, 5.74) is 5.24. The molecule has 0 radical (unpaired) electrons. The van der Waals surface area contributed by atoms with Crippen LogP contribution in [0, 0.1) is 0 Å². The number of hydrogen-bond acceptors (Lipinski definition) is 7. The molecule has 7 aromatic rings. The summed E-state index contributed by atoms with van der Waals surface area (Å²) in [6, 6.07) is 35.6. The molecule has 0 atom stereocenters. The zero-order chi connectivity index (χ0) is 32.0. The summed E-state index contributed by atoms with van der Waals surface area (Å²) in [6.07, 6.45) is 8.49. The van der Waals surface area contributed by atoms with E-state index in [1.54, 1.807) is 6.08 Å². The average Bonchev–Trinajstić information content (AvgIpc) is 3.81. The second-order valence-electron chi connectivity index (χ2n) is 10.8. The molecule has 232 valence electrons. The third-order valence-electron chi connectivity index (χ3n) is 7.40. The first-order chi connectivity index (χ1) is 23.1. The van der Waals surface area contributed by atoms with E-state index in [-0.39, 0.29) is 5.56 Å². The highest BCUT2D eigenvalue weighted by Gasteiger charge is 2.14. The summed E-state index contributed by atoms with van der Waals surface area (Å²) < 4.78 is 15.4. The van der Waals surface area contributed by atoms with Gasteiger partial charge in [0.2, 0.25) is 4.96 Å². The Hall–Kier alpha value is -5.80. The zero-order valence-corrected chi connectivity index (χ0v) is 26.5. The topological polar surface area (TPSA) is 83.5 Å². The van der Waals surface area contributed by atoms with Gasteiger partial charge < -0.3 is 9.47 Å². The van der Waals surface area contributed by atoms with E-state index in [1.165, 1.54) is 15.9 Å². The summed E-state index contributed by atoms with van der Waals surface area (Å²) >= 11 is 1.30. The molecule has 0 spiro atoms. The molecule has 0 saturated carbocycles. The van der Waals surface area contributed by atoms with Gasteiger partial charge in [0.25, 0.3) is 5.56 Å². The Labute approximate surface area is 275 Å². The Balaban J connectivity index is 1.16. The molecule has 0 saturated heterocycles. The molecule has 0 fully saturated rings. The van der Waals surface area contributed by atoms with Crippen molar-refractivity contribution in [2.75, 3.05) is 6.61 Å². The van der Waals surface area contributed by atoms with Gasteiger partial charge in [-0.25, -0.2) is 4.68 Å². The molecule has 8 nitrogen and oxygen atoms in total. The van der Waals surface area contributed by atoms with Crippen molar-refractivity contribution in [3.8, 4) is 28.4 Å². The number of hydrogen-bond donors (Lipinski definition) is 0. The van der Waals surface area contributed by atoms with Crippen LogP contribution >= 0.6 is 11.3 Å². The summed E-state index contributed by atoms with van der Waals surface area (Å²) in [5, 5.41) is 9.39. The molecule has 4 aromatic carbocycles. The molecular weight excluding hydrogens is 607 g/mol. The second-order valence-corrected chi connectivity index (χ2v) is 11.9. The SMILES string of the molecule is CCCOc1ccc(/C=C/c2nc3s/c(=C\c4cn(-c5ccccc5)nc4-c4ccc(OCc5ccccc5)cc4)c(=O)n3n2)cc1. The normalized spacial score (nSPS) is 11.9. The Bertz CT molecular complexity index is 2240. The maximum atomic E-state index is 13.5. The van der Waals surface area contributed by atoms with Gasteiger partial charge in [-0.05, 0) is 78.2 Å². The number of benzene rings is 4. The van der Waals surface area contributed by atoms with E-state index in [2.05, 4.69) is 17.0 Å². The van der Waals surface area contributed by atoms with Gasteiger partial charge in [-0.1, -0.05) is 85.0 Å². The average molecular weight is 638 g/mol. The molecule has 47 heavy (non-hydrogen) atoms. The lowest BCUT2D eigenvalue weighted by molar-refractivity contribution is 0.306. The highest BCUT2D eigenvalue weighted by Crippen LogP contribution is 2.27. The van der Waals surface area contributed by atoms with Crippen molar-refractivity contribution in [3.63, 3.8) is 0 Å². The van der Waals surface area contributed by atoms with E-state index in [0.29, 0.717) is 28.5 Å². The Kier molecular flexibility index (Phi) is 8.70. The van der Waals surface area contributed by atoms with Crippen molar-refractivity contribution in [3.05, 3.63) is 153 Å². The Morgan fingerprint density at radius 3 is 2.21 bits per heavy atom. The van der Waals surface area contributed by atoms with Crippen LogP contribution in [0.25, 0.3) is 40.1 Å². The van der Waals surface area contributed by atoms with Gasteiger partial charge >= 0.3 is 0 Å². The smallest absolute Gasteiger partial charge is 0.291 e. The summed E-state index contributed by atoms with van der Waals surface area (Å²) in [4.78, 5) is 18.6. The van der Waals surface area contributed by atoms with Crippen molar-refractivity contribution in [2.24, 2.45) is 0 Å². The van der Waals surface area contributed by atoms with Gasteiger partial charge in [0, 0.05) is 17.3 Å². The molecule has 3 aromatic heterocycles. The highest BCUT2D eigenvalue weighted by molar-refractivity contribution is 7.15. The lowest BCUT2D eigenvalue weighted by atomic mass is 10.1. The van der Waals surface area contributed by atoms with E-state index in [4.69, 9.17) is 14.6 Å². The summed E-state index contributed by atoms with van der Waals surface area (Å²) in [5.74, 6) is 2.07. The van der Waals surface area contributed by atoms with Crippen molar-refractivity contribution in [2.45, 2.75) is 20.0 Å². The van der Waals surface area contributed by atoms with Crippen LogP contribution in [0.3, 0.4) is 0 Å². The number of nitrogens with zero attached hydrogens (tertiary/aromatic N) is 5. The monoisotopic (exact) mass is 637 g/mol. The largest absolute Gasteiger partial charge is 0.494 e. The van der Waals surface area contributed by atoms with Crippen LogP contribution in [-0.4, -0.2) is 31.0 Å². The van der Waals surface area contributed by atoms with Crippen LogP contribution < -0.4 is 19.6 Å². The van der Waals surface area contributed by atoms with Crippen LogP contribution in [-0.2, 0) is 6.61 Å². The quantitative estimate of drug-likeness (QED) is 0.151. The van der Waals surface area contributed by atoms with Crippen molar-refractivity contribution >= 4 is 34.5 Å². The van der Waals surface area contributed by atoms with E-state index in [1.807, 2.05) is 132 Å². The predicted octanol–water partition coefficient (Wildman–Crippen LogP) is 7.09. The van der Waals surface area contributed by atoms with Crippen molar-refractivity contribution in [1.82, 2.24) is 24.4 Å². The Morgan fingerprint density at radius 2 is 1.49 bits per heavy atom. The first-order valence-corrected chi connectivity index (χ1v) is 16.2. The molecule has 0 amide bonds. The zero-order valence-electron chi connectivity index (χ0n) is 25.7. The van der Waals surface area contributed by atoms with E-state index in [0.717, 1.165) is 51.6 Å². The minimum Gasteiger partial charge on any atom is -0.494 e.